The number of hydrogen-bond acceptors (Lipinski definition) is 4. The Bertz CT molecular complexity index is 1120. The number of hydrogen-bond donors (Lipinski definition) is 2. The van der Waals surface area contributed by atoms with E-state index in [0.717, 1.165) is 30.4 Å². The van der Waals surface area contributed by atoms with Crippen LogP contribution in [0.5, 0.6) is 0 Å². The summed E-state index contributed by atoms with van der Waals surface area (Å²) in [6.45, 7) is 1.90. The fourth-order valence-corrected chi connectivity index (χ4v) is 4.07. The van der Waals surface area contributed by atoms with Crippen LogP contribution in [0.15, 0.2) is 70.2 Å². The van der Waals surface area contributed by atoms with E-state index in [0.29, 0.717) is 12.0 Å². The van der Waals surface area contributed by atoms with Crippen molar-refractivity contribution in [3.63, 3.8) is 0 Å². The van der Waals surface area contributed by atoms with Crippen LogP contribution in [0.4, 0.5) is 10.1 Å². The van der Waals surface area contributed by atoms with Gasteiger partial charge in [-0.2, -0.15) is 0 Å². The molecule has 0 saturated heterocycles. The molecular formula is C21H20ClFN2O4S. The lowest BCUT2D eigenvalue weighted by atomic mass is 10.1. The van der Waals surface area contributed by atoms with Gasteiger partial charge in [0.15, 0.2) is 0 Å². The number of sulfonamides is 1. The number of nitrogens with one attached hydrogen (secondary N) is 2. The molecule has 2 N–H and O–H groups in total. The zero-order chi connectivity index (χ0) is 21.7. The predicted molar refractivity (Wildman–Crippen MR) is 113 cm³/mol. The number of carbonyl (C=O) groups excluding carboxylic acids is 1. The highest BCUT2D eigenvalue weighted by Crippen LogP contribution is 2.22. The van der Waals surface area contributed by atoms with E-state index in [4.69, 9.17) is 16.0 Å². The summed E-state index contributed by atoms with van der Waals surface area (Å²) in [4.78, 5) is 12.2. The molecular weight excluding hydrogens is 431 g/mol. The van der Waals surface area contributed by atoms with Crippen LogP contribution < -0.4 is 10.0 Å². The second-order valence-corrected chi connectivity index (χ2v) is 8.84. The molecule has 0 aliphatic rings. The molecule has 0 aliphatic heterocycles. The first-order valence-corrected chi connectivity index (χ1v) is 11.0. The second-order valence-electron chi connectivity index (χ2n) is 6.75. The predicted octanol–water partition coefficient (Wildman–Crippen LogP) is 4.62. The first kappa shape index (κ1) is 21.9. The Hall–Kier alpha value is -2.84. The van der Waals surface area contributed by atoms with Gasteiger partial charge in [-0.25, -0.2) is 12.8 Å². The fourth-order valence-electron chi connectivity index (χ4n) is 2.74. The van der Waals surface area contributed by atoms with Gasteiger partial charge in [-0.1, -0.05) is 11.6 Å². The minimum Gasteiger partial charge on any atom is -0.469 e. The van der Waals surface area contributed by atoms with E-state index in [9.17, 15) is 17.6 Å². The van der Waals surface area contributed by atoms with Crippen molar-refractivity contribution in [2.75, 3.05) is 4.72 Å². The number of benzene rings is 2. The minimum absolute atomic E-state index is 0.0657. The number of aryl methyl sites for hydroxylation is 1. The standard InChI is InChI=1S/C21H20ClFN2O4S/c1-14(4-9-17-3-2-12-29-17)24-21(26)15-5-7-16(8-6-15)25-30(27,28)18-10-11-20(23)19(22)13-18/h2-3,5-8,10-14,25H,4,9H2,1H3,(H,24,26). The Labute approximate surface area is 179 Å². The molecule has 9 heteroatoms. The summed E-state index contributed by atoms with van der Waals surface area (Å²) in [5.41, 5.74) is 0.658. The Morgan fingerprint density at radius 2 is 1.90 bits per heavy atom. The van der Waals surface area contributed by atoms with E-state index in [1.165, 1.54) is 24.3 Å². The maximum Gasteiger partial charge on any atom is 0.261 e. The SMILES string of the molecule is CC(CCc1ccco1)NC(=O)c1ccc(NS(=O)(=O)c2ccc(F)c(Cl)c2)cc1. The zero-order valence-corrected chi connectivity index (χ0v) is 17.6. The molecule has 1 unspecified atom stereocenters. The summed E-state index contributed by atoms with van der Waals surface area (Å²) in [7, 11) is -3.94. The highest BCUT2D eigenvalue weighted by Gasteiger charge is 2.17. The number of furan rings is 1. The van der Waals surface area contributed by atoms with Crippen molar-refractivity contribution in [3.05, 3.63) is 83.0 Å². The first-order chi connectivity index (χ1) is 14.2. The quantitative estimate of drug-likeness (QED) is 0.524. The van der Waals surface area contributed by atoms with Crippen LogP contribution in [0.3, 0.4) is 0 Å². The zero-order valence-electron chi connectivity index (χ0n) is 16.1. The molecule has 0 radical (unpaired) electrons. The summed E-state index contributed by atoms with van der Waals surface area (Å²) in [5.74, 6) is -0.110. The van der Waals surface area contributed by atoms with Gasteiger partial charge in [-0.3, -0.25) is 9.52 Å². The van der Waals surface area contributed by atoms with E-state index in [1.54, 1.807) is 6.26 Å². The lowest BCUT2D eigenvalue weighted by Gasteiger charge is -2.14. The van der Waals surface area contributed by atoms with Crippen molar-refractivity contribution in [1.29, 1.82) is 0 Å². The van der Waals surface area contributed by atoms with Gasteiger partial charge in [0.05, 0.1) is 16.2 Å². The summed E-state index contributed by atoms with van der Waals surface area (Å²) in [5, 5.41) is 2.61. The van der Waals surface area contributed by atoms with E-state index in [2.05, 4.69) is 10.0 Å². The Morgan fingerprint density at radius 1 is 1.17 bits per heavy atom. The first-order valence-electron chi connectivity index (χ1n) is 9.16. The van der Waals surface area contributed by atoms with Crippen LogP contribution in [-0.2, 0) is 16.4 Å². The Morgan fingerprint density at radius 3 is 2.53 bits per heavy atom. The third-order valence-corrected chi connectivity index (χ3v) is 6.05. The lowest BCUT2D eigenvalue weighted by Crippen LogP contribution is -2.32. The highest BCUT2D eigenvalue weighted by molar-refractivity contribution is 7.92. The highest BCUT2D eigenvalue weighted by atomic mass is 35.5. The van der Waals surface area contributed by atoms with Crippen molar-refractivity contribution in [3.8, 4) is 0 Å². The summed E-state index contributed by atoms with van der Waals surface area (Å²) < 4.78 is 45.7. The molecule has 2 aromatic carbocycles. The molecule has 0 saturated carbocycles. The monoisotopic (exact) mass is 450 g/mol. The van der Waals surface area contributed by atoms with E-state index < -0.39 is 15.8 Å². The van der Waals surface area contributed by atoms with Gasteiger partial charge in [0.25, 0.3) is 15.9 Å². The minimum atomic E-state index is -3.94. The maximum absolute atomic E-state index is 13.3. The Balaban J connectivity index is 1.59. The van der Waals surface area contributed by atoms with Gasteiger partial charge in [-0.05, 0) is 67.9 Å². The largest absolute Gasteiger partial charge is 0.469 e. The van der Waals surface area contributed by atoms with Crippen molar-refractivity contribution >= 4 is 33.2 Å². The van der Waals surface area contributed by atoms with Crippen LogP contribution in [0.1, 0.15) is 29.5 Å². The van der Waals surface area contributed by atoms with Crippen LogP contribution >= 0.6 is 11.6 Å². The van der Waals surface area contributed by atoms with Crippen LogP contribution in [0, 0.1) is 5.82 Å². The molecule has 3 aromatic rings. The van der Waals surface area contributed by atoms with E-state index in [1.807, 2.05) is 19.1 Å². The smallest absolute Gasteiger partial charge is 0.261 e. The van der Waals surface area contributed by atoms with Gasteiger partial charge < -0.3 is 9.73 Å². The van der Waals surface area contributed by atoms with E-state index >= 15 is 0 Å². The van der Waals surface area contributed by atoms with E-state index in [-0.39, 0.29) is 27.6 Å². The third kappa shape index (κ3) is 5.61. The summed E-state index contributed by atoms with van der Waals surface area (Å²) in [6, 6.07) is 12.8. The molecule has 30 heavy (non-hydrogen) atoms. The molecule has 3 rings (SSSR count). The van der Waals surface area contributed by atoms with Gasteiger partial charge in [0.1, 0.15) is 11.6 Å². The molecule has 1 amide bonds. The normalized spacial score (nSPS) is 12.4. The molecule has 158 valence electrons. The topological polar surface area (TPSA) is 88.4 Å². The molecule has 0 bridgehead atoms. The van der Waals surface area contributed by atoms with Gasteiger partial charge in [0, 0.05) is 23.7 Å². The summed E-state index contributed by atoms with van der Waals surface area (Å²) in [6.07, 6.45) is 3.04. The van der Waals surface area contributed by atoms with Gasteiger partial charge in [-0.15, -0.1) is 0 Å². The molecule has 0 aliphatic carbocycles. The van der Waals surface area contributed by atoms with Crippen molar-refractivity contribution in [2.24, 2.45) is 0 Å². The number of anilines is 1. The van der Waals surface area contributed by atoms with Crippen molar-refractivity contribution in [2.45, 2.75) is 30.7 Å². The van der Waals surface area contributed by atoms with Crippen LogP contribution in [0.25, 0.3) is 0 Å². The molecule has 0 spiro atoms. The summed E-state index contributed by atoms with van der Waals surface area (Å²) >= 11 is 5.65. The number of halogens is 2. The average molecular weight is 451 g/mol. The number of amides is 1. The molecule has 1 aromatic heterocycles. The lowest BCUT2D eigenvalue weighted by molar-refractivity contribution is 0.0938. The number of carbonyl (C=O) groups is 1. The molecule has 1 atom stereocenters. The molecule has 0 fully saturated rings. The molecule has 6 nitrogen and oxygen atoms in total. The third-order valence-electron chi connectivity index (χ3n) is 4.38. The Kier molecular flexibility index (Phi) is 6.79. The van der Waals surface area contributed by atoms with Gasteiger partial charge >= 0.3 is 0 Å². The fraction of sp³-hybridized carbons (Fsp3) is 0.190. The molecule has 1 heterocycles. The average Bonchev–Trinajstić information content (AvgIpc) is 3.22. The number of rotatable bonds is 8. The maximum atomic E-state index is 13.3. The van der Waals surface area contributed by atoms with Crippen LogP contribution in [0.2, 0.25) is 5.02 Å². The second kappa shape index (κ2) is 9.32. The van der Waals surface area contributed by atoms with Crippen molar-refractivity contribution < 1.29 is 22.0 Å². The van der Waals surface area contributed by atoms with Gasteiger partial charge in [0.2, 0.25) is 0 Å². The van der Waals surface area contributed by atoms with Crippen molar-refractivity contribution in [1.82, 2.24) is 5.32 Å². The van der Waals surface area contributed by atoms with Crippen LogP contribution in [-0.4, -0.2) is 20.4 Å².